The zero-order valence-electron chi connectivity index (χ0n) is 12.8. The Labute approximate surface area is 128 Å². The van der Waals surface area contributed by atoms with Crippen LogP contribution in [0.2, 0.25) is 0 Å². The molecule has 0 atom stereocenters. The summed E-state index contributed by atoms with van der Waals surface area (Å²) >= 11 is 0. The molecule has 0 fully saturated rings. The molecule has 2 aromatic carbocycles. The highest BCUT2D eigenvalue weighted by molar-refractivity contribution is 5.84. The van der Waals surface area contributed by atoms with Crippen molar-refractivity contribution in [3.05, 3.63) is 49.5 Å². The zero-order chi connectivity index (χ0) is 15.9. The number of ether oxygens (including phenoxy) is 1. The fourth-order valence-electron chi connectivity index (χ4n) is 2.52. The molecule has 22 heavy (non-hydrogen) atoms. The van der Waals surface area contributed by atoms with Crippen molar-refractivity contribution in [1.82, 2.24) is 0 Å². The zero-order valence-corrected chi connectivity index (χ0v) is 12.8. The standard InChI is InChI=1S/C17H20N2O3/c1-2-3-4-5-6-7-10-22-12-8-9-13-14(11-12)17(21)15(19-18)16(13)20/h8-9,11H,2-7,10H2,1H3. The predicted molar refractivity (Wildman–Crippen MR) is 84.5 cm³/mol. The number of benzene rings is 1. The van der Waals surface area contributed by atoms with Crippen molar-refractivity contribution in [3.8, 4) is 5.75 Å². The normalized spacial score (nSPS) is 10.8. The van der Waals surface area contributed by atoms with Gasteiger partial charge < -0.3 is 10.3 Å². The molecule has 0 aromatic heterocycles. The van der Waals surface area contributed by atoms with Gasteiger partial charge in [-0.05, 0) is 24.6 Å². The summed E-state index contributed by atoms with van der Waals surface area (Å²) in [5, 5.41) is 0.0889. The molecular weight excluding hydrogens is 280 g/mol. The van der Waals surface area contributed by atoms with Gasteiger partial charge in [0.25, 0.3) is 10.9 Å². The van der Waals surface area contributed by atoms with Gasteiger partial charge in [-0.1, -0.05) is 39.0 Å². The van der Waals surface area contributed by atoms with E-state index < -0.39 is 16.2 Å². The summed E-state index contributed by atoms with van der Waals surface area (Å²) in [5.41, 5.74) is 7.64. The number of hydrogen-bond donors (Lipinski definition) is 0. The first kappa shape index (κ1) is 16.1. The van der Waals surface area contributed by atoms with Gasteiger partial charge in [0, 0.05) is 10.8 Å². The van der Waals surface area contributed by atoms with Crippen molar-refractivity contribution in [3.63, 3.8) is 0 Å². The molecule has 0 N–H and O–H groups in total. The number of rotatable bonds is 8. The topological polar surface area (TPSA) is 79.8 Å². The van der Waals surface area contributed by atoms with Crippen LogP contribution in [-0.4, -0.2) is 11.4 Å². The fraction of sp³-hybridized carbons (Fsp3) is 0.471. The van der Waals surface area contributed by atoms with Crippen LogP contribution in [0.4, 0.5) is 0 Å². The summed E-state index contributed by atoms with van der Waals surface area (Å²) in [5.74, 6) is 0.563. The van der Waals surface area contributed by atoms with Gasteiger partial charge in [-0.15, -0.1) is 0 Å². The first-order valence-corrected chi connectivity index (χ1v) is 7.77. The van der Waals surface area contributed by atoms with Gasteiger partial charge >= 0.3 is 5.36 Å². The first-order chi connectivity index (χ1) is 10.7. The van der Waals surface area contributed by atoms with E-state index in [1.165, 1.54) is 25.7 Å². The molecule has 5 heteroatoms. The van der Waals surface area contributed by atoms with E-state index in [1.54, 1.807) is 18.2 Å². The van der Waals surface area contributed by atoms with E-state index in [4.69, 9.17) is 10.3 Å². The molecule has 0 radical (unpaired) electrons. The molecule has 0 heterocycles. The lowest BCUT2D eigenvalue weighted by Crippen LogP contribution is -2.32. The Kier molecular flexibility index (Phi) is 5.61. The van der Waals surface area contributed by atoms with Crippen LogP contribution in [0.15, 0.2) is 27.8 Å². The second kappa shape index (κ2) is 7.66. The average molecular weight is 300 g/mol. The molecule has 0 bridgehead atoms. The third-order valence-corrected chi connectivity index (χ3v) is 3.78. The minimum Gasteiger partial charge on any atom is -0.494 e. The number of unbranched alkanes of at least 4 members (excludes halogenated alkanes) is 5. The Hall–Kier alpha value is -2.26. The highest BCUT2D eigenvalue weighted by atomic mass is 16.5. The Morgan fingerprint density at radius 2 is 1.68 bits per heavy atom. The Morgan fingerprint density at radius 1 is 1.00 bits per heavy atom. The van der Waals surface area contributed by atoms with E-state index in [-0.39, 0.29) is 10.8 Å². The lowest BCUT2D eigenvalue weighted by molar-refractivity contribution is -0.0674. The average Bonchev–Trinajstić information content (AvgIpc) is 2.77. The van der Waals surface area contributed by atoms with Crippen LogP contribution in [0, 0.1) is 0 Å². The molecule has 0 aliphatic rings. The minimum atomic E-state index is -0.549. The molecule has 0 saturated carbocycles. The summed E-state index contributed by atoms with van der Waals surface area (Å²) in [4.78, 5) is 26.5. The lowest BCUT2D eigenvalue weighted by atomic mass is 10.1. The quantitative estimate of drug-likeness (QED) is 0.426. The second-order valence-electron chi connectivity index (χ2n) is 5.43. The molecular formula is C17H20N2O3. The van der Waals surface area contributed by atoms with E-state index in [1.807, 2.05) is 0 Å². The lowest BCUT2D eigenvalue weighted by Gasteiger charge is -2.05. The van der Waals surface area contributed by atoms with Crippen LogP contribution in [0.25, 0.3) is 16.3 Å². The maximum atomic E-state index is 11.9. The molecule has 5 nitrogen and oxygen atoms in total. The van der Waals surface area contributed by atoms with Crippen molar-refractivity contribution in [1.29, 1.82) is 0 Å². The highest BCUT2D eigenvalue weighted by Crippen LogP contribution is 2.16. The van der Waals surface area contributed by atoms with Crippen LogP contribution in [0.1, 0.15) is 45.4 Å². The van der Waals surface area contributed by atoms with Crippen molar-refractivity contribution in [2.75, 3.05) is 6.61 Å². The van der Waals surface area contributed by atoms with Crippen LogP contribution >= 0.6 is 0 Å². The van der Waals surface area contributed by atoms with Gasteiger partial charge in [0.05, 0.1) is 6.61 Å². The van der Waals surface area contributed by atoms with Crippen LogP contribution in [0.3, 0.4) is 0 Å². The first-order valence-electron chi connectivity index (χ1n) is 7.77. The second-order valence-corrected chi connectivity index (χ2v) is 5.43. The van der Waals surface area contributed by atoms with Crippen LogP contribution < -0.4 is 21.0 Å². The summed E-state index contributed by atoms with van der Waals surface area (Å²) in [6.45, 7) is 2.78. The highest BCUT2D eigenvalue weighted by Gasteiger charge is 2.16. The third-order valence-electron chi connectivity index (χ3n) is 3.78. The van der Waals surface area contributed by atoms with Crippen molar-refractivity contribution >= 4 is 10.8 Å². The molecule has 0 unspecified atom stereocenters. The summed E-state index contributed by atoms with van der Waals surface area (Å²) in [6, 6.07) is 4.76. The monoisotopic (exact) mass is 300 g/mol. The third kappa shape index (κ3) is 3.49. The minimum absolute atomic E-state index is 0.248. The Balaban J connectivity index is 1.99. The summed E-state index contributed by atoms with van der Waals surface area (Å²) in [6.07, 6.45) is 7.08. The van der Waals surface area contributed by atoms with E-state index in [0.717, 1.165) is 12.8 Å². The van der Waals surface area contributed by atoms with Crippen molar-refractivity contribution in [2.45, 2.75) is 45.4 Å². The maximum Gasteiger partial charge on any atom is 0.410 e. The van der Waals surface area contributed by atoms with Gasteiger partial charge in [-0.25, -0.2) is 0 Å². The number of fused-ring (bicyclic) bond motifs is 1. The van der Waals surface area contributed by atoms with Gasteiger partial charge in [0.1, 0.15) is 5.75 Å². The van der Waals surface area contributed by atoms with Gasteiger partial charge in [0.15, 0.2) is 0 Å². The molecule has 2 rings (SSSR count). The van der Waals surface area contributed by atoms with E-state index in [9.17, 15) is 9.59 Å². The molecule has 116 valence electrons. The van der Waals surface area contributed by atoms with E-state index in [0.29, 0.717) is 12.4 Å². The fourth-order valence-corrected chi connectivity index (χ4v) is 2.52. The molecule has 0 amide bonds. The number of hydrogen-bond acceptors (Lipinski definition) is 3. The van der Waals surface area contributed by atoms with E-state index in [2.05, 4.69) is 11.7 Å². The van der Waals surface area contributed by atoms with Crippen molar-refractivity contribution in [2.24, 2.45) is 0 Å². The molecule has 2 aromatic rings. The smallest absolute Gasteiger partial charge is 0.410 e. The molecule has 0 spiro atoms. The van der Waals surface area contributed by atoms with Gasteiger partial charge in [-0.3, -0.25) is 9.59 Å². The SMILES string of the molecule is CCCCCCCCOc1ccc2c(=O)c(=[N+]=[N-])c(=O)c2c1. The maximum absolute atomic E-state index is 11.9. The largest absolute Gasteiger partial charge is 0.494 e. The van der Waals surface area contributed by atoms with E-state index >= 15 is 0 Å². The van der Waals surface area contributed by atoms with Gasteiger partial charge in [-0.2, -0.15) is 4.79 Å². The molecule has 0 saturated heterocycles. The Morgan fingerprint density at radius 3 is 2.41 bits per heavy atom. The summed E-state index contributed by atoms with van der Waals surface area (Å²) in [7, 11) is 0. The van der Waals surface area contributed by atoms with Crippen LogP contribution in [-0.2, 0) is 0 Å². The van der Waals surface area contributed by atoms with Gasteiger partial charge in [0.2, 0.25) is 0 Å². The number of nitrogens with zero attached hydrogens (tertiary/aromatic N) is 2. The summed E-state index contributed by atoms with van der Waals surface area (Å²) < 4.78 is 5.62. The molecule has 0 aliphatic carbocycles. The molecule has 0 aliphatic heterocycles. The Bertz CT molecular complexity index is 813. The van der Waals surface area contributed by atoms with Crippen LogP contribution in [0.5, 0.6) is 5.75 Å². The van der Waals surface area contributed by atoms with Crippen molar-refractivity contribution < 1.29 is 9.53 Å². The predicted octanol–water partition coefficient (Wildman–Crippen LogP) is 2.31.